The third-order valence-electron chi connectivity index (χ3n) is 5.13. The summed E-state index contributed by atoms with van der Waals surface area (Å²) in [5.41, 5.74) is 0.240. The van der Waals surface area contributed by atoms with E-state index in [2.05, 4.69) is 10.0 Å². The number of nitrogens with one attached hydrogen (secondary N) is 2. The first kappa shape index (κ1) is 20.6. The van der Waals surface area contributed by atoms with Gasteiger partial charge in [0, 0.05) is 17.6 Å². The molecule has 30 heavy (non-hydrogen) atoms. The first-order valence-electron chi connectivity index (χ1n) is 9.42. The Labute approximate surface area is 175 Å². The van der Waals surface area contributed by atoms with E-state index >= 15 is 0 Å². The summed E-state index contributed by atoms with van der Waals surface area (Å²) >= 11 is 0. The highest BCUT2D eigenvalue weighted by Gasteiger charge is 2.30. The van der Waals surface area contributed by atoms with Crippen LogP contribution in [-0.2, 0) is 20.0 Å². The van der Waals surface area contributed by atoms with E-state index in [4.69, 9.17) is 0 Å². The molecule has 2 heterocycles. The molecule has 1 aromatic heterocycles. The molecular formula is C20H20N4O4S2. The van der Waals surface area contributed by atoms with Gasteiger partial charge in [0.25, 0.3) is 10.0 Å². The Hall–Kier alpha value is -2.71. The number of hydrogen-bond acceptors (Lipinski definition) is 6. The van der Waals surface area contributed by atoms with Crippen LogP contribution in [0.5, 0.6) is 0 Å². The van der Waals surface area contributed by atoms with Crippen LogP contribution in [0.25, 0.3) is 10.9 Å². The zero-order valence-electron chi connectivity index (χ0n) is 15.9. The van der Waals surface area contributed by atoms with Crippen molar-refractivity contribution in [3.63, 3.8) is 0 Å². The van der Waals surface area contributed by atoms with Gasteiger partial charge in [0.15, 0.2) is 0 Å². The number of hydrogen-bond donors (Lipinski definition) is 2. The normalized spacial score (nSPS) is 15.8. The van der Waals surface area contributed by atoms with Gasteiger partial charge < -0.3 is 5.32 Å². The van der Waals surface area contributed by atoms with Crippen molar-refractivity contribution >= 4 is 30.9 Å². The van der Waals surface area contributed by atoms with Gasteiger partial charge in [-0.05, 0) is 50.2 Å². The predicted octanol–water partition coefficient (Wildman–Crippen LogP) is 1.78. The number of nitriles is 1. The van der Waals surface area contributed by atoms with Crippen LogP contribution < -0.4 is 10.0 Å². The maximum Gasteiger partial charge on any atom is 0.268 e. The van der Waals surface area contributed by atoms with Crippen LogP contribution >= 0.6 is 0 Å². The highest BCUT2D eigenvalue weighted by molar-refractivity contribution is 7.91. The highest BCUT2D eigenvalue weighted by atomic mass is 32.2. The van der Waals surface area contributed by atoms with Crippen LogP contribution in [0.3, 0.4) is 0 Å². The van der Waals surface area contributed by atoms with Gasteiger partial charge in [-0.3, -0.25) is 0 Å². The Morgan fingerprint density at radius 3 is 2.37 bits per heavy atom. The third-order valence-corrected chi connectivity index (χ3v) is 8.35. The summed E-state index contributed by atoms with van der Waals surface area (Å²) in [4.78, 5) is -0.188. The number of piperidine rings is 1. The Balaban J connectivity index is 1.92. The number of nitrogens with zero attached hydrogens (tertiary/aromatic N) is 2. The van der Waals surface area contributed by atoms with Crippen molar-refractivity contribution in [2.75, 3.05) is 13.1 Å². The van der Waals surface area contributed by atoms with Crippen molar-refractivity contribution in [3.05, 3.63) is 60.3 Å². The molecule has 1 fully saturated rings. The predicted molar refractivity (Wildman–Crippen MR) is 112 cm³/mol. The number of aromatic nitrogens is 1. The van der Waals surface area contributed by atoms with Crippen LogP contribution in [0.2, 0.25) is 0 Å². The van der Waals surface area contributed by atoms with Crippen molar-refractivity contribution in [2.24, 2.45) is 0 Å². The number of rotatable bonds is 5. The van der Waals surface area contributed by atoms with Crippen LogP contribution in [0, 0.1) is 11.3 Å². The quantitative estimate of drug-likeness (QED) is 0.619. The van der Waals surface area contributed by atoms with Crippen LogP contribution in [-0.4, -0.2) is 39.9 Å². The zero-order chi connectivity index (χ0) is 21.4. The summed E-state index contributed by atoms with van der Waals surface area (Å²) < 4.78 is 56.5. The number of benzene rings is 2. The van der Waals surface area contributed by atoms with Gasteiger partial charge in [-0.25, -0.2) is 25.5 Å². The molecule has 0 spiro atoms. The fourth-order valence-electron chi connectivity index (χ4n) is 3.65. The topological polar surface area (TPSA) is 121 Å². The maximum atomic E-state index is 13.2. The van der Waals surface area contributed by atoms with E-state index < -0.39 is 20.0 Å². The number of sulfonamides is 1. The molecule has 1 aliphatic heterocycles. The molecule has 0 aliphatic carbocycles. The van der Waals surface area contributed by atoms with E-state index in [0.29, 0.717) is 25.9 Å². The van der Waals surface area contributed by atoms with Crippen molar-refractivity contribution in [1.29, 1.82) is 5.26 Å². The molecule has 2 N–H and O–H groups in total. The van der Waals surface area contributed by atoms with Crippen molar-refractivity contribution in [2.45, 2.75) is 28.7 Å². The fourth-order valence-corrected chi connectivity index (χ4v) is 6.63. The molecule has 1 saturated heterocycles. The third kappa shape index (κ3) is 3.61. The summed E-state index contributed by atoms with van der Waals surface area (Å²) in [5.74, 6) is 0. The average molecular weight is 445 g/mol. The maximum absolute atomic E-state index is 13.2. The summed E-state index contributed by atoms with van der Waals surface area (Å²) in [6.45, 7) is 1.39. The molecule has 0 atom stereocenters. The average Bonchev–Trinajstić information content (AvgIpc) is 3.16. The fraction of sp³-hybridized carbons (Fsp3) is 0.250. The molecule has 0 saturated carbocycles. The van der Waals surface area contributed by atoms with E-state index in [-0.39, 0.29) is 32.3 Å². The van der Waals surface area contributed by atoms with Crippen molar-refractivity contribution in [3.8, 4) is 6.07 Å². The Morgan fingerprint density at radius 2 is 1.70 bits per heavy atom. The van der Waals surface area contributed by atoms with Gasteiger partial charge in [-0.15, -0.1) is 0 Å². The second-order valence-corrected chi connectivity index (χ2v) is 10.6. The lowest BCUT2D eigenvalue weighted by atomic mass is 10.1. The lowest BCUT2D eigenvalue weighted by Gasteiger charge is -2.23. The van der Waals surface area contributed by atoms with E-state index in [9.17, 15) is 22.1 Å². The van der Waals surface area contributed by atoms with Crippen LogP contribution in [0.1, 0.15) is 18.4 Å². The SMILES string of the molecule is N#Cc1cccc2c1c(S(=O)(=O)NC1CCNCC1)cn2S(=O)(=O)c1ccccc1. The lowest BCUT2D eigenvalue weighted by molar-refractivity contribution is 0.427. The lowest BCUT2D eigenvalue weighted by Crippen LogP contribution is -2.42. The molecule has 156 valence electrons. The highest BCUT2D eigenvalue weighted by Crippen LogP contribution is 2.31. The van der Waals surface area contributed by atoms with Gasteiger partial charge in [-0.1, -0.05) is 24.3 Å². The van der Waals surface area contributed by atoms with Crippen molar-refractivity contribution < 1.29 is 16.8 Å². The monoisotopic (exact) mass is 444 g/mol. The minimum absolute atomic E-state index is 0.0273. The van der Waals surface area contributed by atoms with Gasteiger partial charge in [-0.2, -0.15) is 5.26 Å². The van der Waals surface area contributed by atoms with Crippen molar-refractivity contribution in [1.82, 2.24) is 14.0 Å². The molecule has 8 nitrogen and oxygen atoms in total. The van der Waals surface area contributed by atoms with Gasteiger partial charge in [0.05, 0.1) is 22.0 Å². The molecule has 0 bridgehead atoms. The molecule has 10 heteroatoms. The van der Waals surface area contributed by atoms with E-state index in [0.717, 1.165) is 10.2 Å². The minimum Gasteiger partial charge on any atom is -0.317 e. The molecule has 4 rings (SSSR count). The van der Waals surface area contributed by atoms with Gasteiger partial charge in [0.1, 0.15) is 4.90 Å². The molecule has 1 aliphatic rings. The molecule has 2 aromatic carbocycles. The molecular weight excluding hydrogens is 424 g/mol. The number of fused-ring (bicyclic) bond motifs is 1. The molecule has 0 amide bonds. The second kappa shape index (κ2) is 7.85. The van der Waals surface area contributed by atoms with Gasteiger partial charge >= 0.3 is 0 Å². The van der Waals surface area contributed by atoms with E-state index in [1.165, 1.54) is 30.3 Å². The summed E-state index contributed by atoms with van der Waals surface area (Å²) in [6.07, 6.45) is 2.35. The molecule has 3 aromatic rings. The summed E-state index contributed by atoms with van der Waals surface area (Å²) in [5, 5.41) is 12.8. The molecule has 0 unspecified atom stereocenters. The minimum atomic E-state index is -4.06. The first-order valence-corrected chi connectivity index (χ1v) is 12.3. The Morgan fingerprint density at radius 1 is 1.00 bits per heavy atom. The standard InChI is InChI=1S/C20H20N4O4S2/c21-13-15-5-4-8-18-20(15)19(29(25,26)23-16-9-11-22-12-10-16)14-24(18)30(27,28)17-6-2-1-3-7-17/h1-8,14,16,22-23H,9-12H2. The Kier molecular flexibility index (Phi) is 5.38. The van der Waals surface area contributed by atoms with Gasteiger partial charge in [0.2, 0.25) is 10.0 Å². The molecule has 0 radical (unpaired) electrons. The summed E-state index contributed by atoms with van der Waals surface area (Å²) in [6, 6.07) is 14.0. The first-order chi connectivity index (χ1) is 14.3. The largest absolute Gasteiger partial charge is 0.317 e. The Bertz CT molecular complexity index is 1330. The smallest absolute Gasteiger partial charge is 0.268 e. The van der Waals surface area contributed by atoms with E-state index in [1.54, 1.807) is 18.2 Å². The summed E-state index contributed by atoms with van der Waals surface area (Å²) in [7, 11) is -8.11. The van der Waals surface area contributed by atoms with Crippen LogP contribution in [0.4, 0.5) is 0 Å². The second-order valence-electron chi connectivity index (χ2n) is 7.06. The van der Waals surface area contributed by atoms with E-state index in [1.807, 2.05) is 6.07 Å². The zero-order valence-corrected chi connectivity index (χ0v) is 17.6. The van der Waals surface area contributed by atoms with Crippen LogP contribution in [0.15, 0.2) is 64.5 Å².